The summed E-state index contributed by atoms with van der Waals surface area (Å²) in [5.41, 5.74) is -3.88. The summed E-state index contributed by atoms with van der Waals surface area (Å²) in [5, 5.41) is -1.77. The van der Waals surface area contributed by atoms with Crippen LogP contribution in [0.1, 0.15) is 17.6 Å². The van der Waals surface area contributed by atoms with Crippen LogP contribution < -0.4 is 0 Å². The summed E-state index contributed by atoms with van der Waals surface area (Å²) in [6, 6.07) is 2.63. The molecule has 0 N–H and O–H groups in total. The molecule has 0 aliphatic heterocycles. The minimum absolute atomic E-state index is 0.254. The second-order valence-electron chi connectivity index (χ2n) is 4.51. The van der Waals surface area contributed by atoms with Crippen LogP contribution in [0.3, 0.4) is 0 Å². The predicted molar refractivity (Wildman–Crippen MR) is 86.9 cm³/mol. The van der Waals surface area contributed by atoms with Gasteiger partial charge in [0.15, 0.2) is 0 Å². The minimum Gasteiger partial charge on any atom is -0.205 e. The van der Waals surface area contributed by atoms with Crippen molar-refractivity contribution in [2.75, 3.05) is 0 Å². The van der Waals surface area contributed by atoms with Crippen molar-refractivity contribution in [1.82, 2.24) is 0 Å². The fourth-order valence-electron chi connectivity index (χ4n) is 2.12. The summed E-state index contributed by atoms with van der Waals surface area (Å²) in [7, 11) is 0. The van der Waals surface area contributed by atoms with Crippen molar-refractivity contribution in [1.29, 1.82) is 0 Å². The number of hydrogen-bond donors (Lipinski definition) is 0. The number of hydrogen-bond acceptors (Lipinski definition) is 0. The second kappa shape index (κ2) is 7.04. The van der Waals surface area contributed by atoms with E-state index >= 15 is 0 Å². The van der Waals surface area contributed by atoms with Gasteiger partial charge < -0.3 is 0 Å². The Morgan fingerprint density at radius 1 is 0.750 bits per heavy atom. The van der Waals surface area contributed by atoms with Crippen molar-refractivity contribution in [3.05, 3.63) is 54.4 Å². The van der Waals surface area contributed by atoms with E-state index in [1.165, 1.54) is 0 Å². The van der Waals surface area contributed by atoms with Crippen LogP contribution in [0.25, 0.3) is 11.1 Å². The summed E-state index contributed by atoms with van der Waals surface area (Å²) < 4.78 is 66.2. The Bertz CT molecular complexity index is 772. The molecule has 0 radical (unpaired) electrons. The molecule has 2 rings (SSSR count). The topological polar surface area (TPSA) is 0 Å². The normalized spacial score (nSPS) is 12.1. The summed E-state index contributed by atoms with van der Waals surface area (Å²) in [5.74, 6) is 0. The van der Waals surface area contributed by atoms with Crippen LogP contribution in [0.5, 0.6) is 0 Å². The van der Waals surface area contributed by atoms with Gasteiger partial charge in [-0.3, -0.25) is 0 Å². The van der Waals surface area contributed by atoms with Crippen molar-refractivity contribution in [3.63, 3.8) is 0 Å². The lowest BCUT2D eigenvalue weighted by Gasteiger charge is -2.20. The molecule has 2 aromatic carbocycles. The Morgan fingerprint density at radius 2 is 1.21 bits per heavy atom. The van der Waals surface area contributed by atoms with Gasteiger partial charge in [-0.1, -0.05) is 76.2 Å². The van der Waals surface area contributed by atoms with E-state index in [4.69, 9.17) is 58.0 Å². The zero-order chi connectivity index (χ0) is 18.4. The Kier molecular flexibility index (Phi) is 5.83. The average molecular weight is 444 g/mol. The lowest BCUT2D eigenvalue weighted by molar-refractivity contribution is -0.139. The van der Waals surface area contributed by atoms with Crippen LogP contribution in [-0.4, -0.2) is 0 Å². The quantitative estimate of drug-likeness (QED) is 0.247. The van der Waals surface area contributed by atoms with E-state index in [0.717, 1.165) is 12.1 Å². The molecule has 0 spiro atoms. The maximum atomic E-state index is 13.4. The smallest absolute Gasteiger partial charge is 0.205 e. The first-order valence-corrected chi connectivity index (χ1v) is 7.87. The van der Waals surface area contributed by atoms with E-state index in [0.29, 0.717) is 6.07 Å². The standard InChI is InChI=1S/C14H4Cl5F5/c15-8-6(9(16)11(18)12(19)10(8)17)4-2-1-3-5(13(20)21)7(4)14(22,23)24/h1-3,13H. The van der Waals surface area contributed by atoms with E-state index in [1.807, 2.05) is 0 Å². The van der Waals surface area contributed by atoms with Gasteiger partial charge in [0.05, 0.1) is 30.7 Å². The fourth-order valence-corrected chi connectivity index (χ4v) is 3.46. The largest absolute Gasteiger partial charge is 0.417 e. The molecule has 2 aromatic rings. The monoisotopic (exact) mass is 442 g/mol. The van der Waals surface area contributed by atoms with Gasteiger partial charge >= 0.3 is 6.18 Å². The second-order valence-corrected chi connectivity index (χ2v) is 6.40. The first-order valence-electron chi connectivity index (χ1n) is 5.98. The highest BCUT2D eigenvalue weighted by atomic mass is 35.5. The molecular formula is C14H4Cl5F5. The van der Waals surface area contributed by atoms with Gasteiger partial charge in [0.25, 0.3) is 6.43 Å². The maximum Gasteiger partial charge on any atom is 0.417 e. The van der Waals surface area contributed by atoms with Gasteiger partial charge in [-0.05, 0) is 5.56 Å². The predicted octanol–water partition coefficient (Wildman–Crippen LogP) is 8.58. The number of halogens is 10. The van der Waals surface area contributed by atoms with Crippen LogP contribution in [0.2, 0.25) is 25.1 Å². The molecule has 10 heteroatoms. The molecule has 0 amide bonds. The SMILES string of the molecule is FC(F)c1cccc(-c2c(Cl)c(Cl)c(Cl)c(Cl)c2Cl)c1C(F)(F)F. The Balaban J connectivity index is 2.97. The summed E-state index contributed by atoms with van der Waals surface area (Å²) >= 11 is 29.4. The molecule has 0 atom stereocenters. The van der Waals surface area contributed by atoms with E-state index in [-0.39, 0.29) is 15.1 Å². The first kappa shape index (κ1) is 19.9. The third-order valence-corrected chi connectivity index (χ3v) is 5.37. The fraction of sp³-hybridized carbons (Fsp3) is 0.143. The molecule has 0 fully saturated rings. The van der Waals surface area contributed by atoms with Gasteiger partial charge in [-0.15, -0.1) is 0 Å². The van der Waals surface area contributed by atoms with Crippen LogP contribution in [-0.2, 0) is 6.18 Å². The van der Waals surface area contributed by atoms with Crippen LogP contribution in [0.15, 0.2) is 18.2 Å². The summed E-state index contributed by atoms with van der Waals surface area (Å²) in [6.45, 7) is 0. The first-order chi connectivity index (χ1) is 11.0. The molecule has 0 heterocycles. The Morgan fingerprint density at radius 3 is 1.62 bits per heavy atom. The van der Waals surface area contributed by atoms with Crippen LogP contribution in [0.4, 0.5) is 22.0 Å². The highest BCUT2D eigenvalue weighted by Gasteiger charge is 2.39. The van der Waals surface area contributed by atoms with Gasteiger partial charge in [-0.25, -0.2) is 8.78 Å². The number of rotatable bonds is 2. The minimum atomic E-state index is -5.09. The summed E-state index contributed by atoms with van der Waals surface area (Å²) in [6.07, 6.45) is -8.45. The zero-order valence-corrected chi connectivity index (χ0v) is 14.9. The molecule has 0 unspecified atom stereocenters. The molecule has 0 aliphatic rings. The lowest BCUT2D eigenvalue weighted by atomic mass is 9.94. The van der Waals surface area contributed by atoms with Crippen molar-refractivity contribution in [3.8, 4) is 11.1 Å². The molecule has 0 aliphatic carbocycles. The van der Waals surface area contributed by atoms with Crippen molar-refractivity contribution < 1.29 is 22.0 Å². The molecule has 0 bridgehead atoms. The third kappa shape index (κ3) is 3.42. The van der Waals surface area contributed by atoms with Crippen molar-refractivity contribution >= 4 is 58.0 Å². The zero-order valence-electron chi connectivity index (χ0n) is 11.1. The molecular weight excluding hydrogens is 440 g/mol. The van der Waals surface area contributed by atoms with Crippen LogP contribution in [0, 0.1) is 0 Å². The van der Waals surface area contributed by atoms with Crippen LogP contribution >= 0.6 is 58.0 Å². The van der Waals surface area contributed by atoms with E-state index in [9.17, 15) is 22.0 Å². The highest BCUT2D eigenvalue weighted by Crippen LogP contribution is 2.51. The average Bonchev–Trinajstić information content (AvgIpc) is 2.50. The van der Waals surface area contributed by atoms with Gasteiger partial charge in [-0.2, -0.15) is 13.2 Å². The third-order valence-electron chi connectivity index (χ3n) is 3.09. The van der Waals surface area contributed by atoms with E-state index in [2.05, 4.69) is 0 Å². The highest BCUT2D eigenvalue weighted by molar-refractivity contribution is 6.56. The van der Waals surface area contributed by atoms with Crippen molar-refractivity contribution in [2.24, 2.45) is 0 Å². The van der Waals surface area contributed by atoms with E-state index in [1.54, 1.807) is 0 Å². The molecule has 0 aromatic heterocycles. The van der Waals surface area contributed by atoms with E-state index < -0.39 is 44.9 Å². The van der Waals surface area contributed by atoms with Gasteiger partial charge in [0.1, 0.15) is 0 Å². The van der Waals surface area contributed by atoms with Gasteiger partial charge in [0.2, 0.25) is 0 Å². The van der Waals surface area contributed by atoms with Gasteiger partial charge in [0, 0.05) is 11.1 Å². The lowest BCUT2D eigenvalue weighted by Crippen LogP contribution is -2.12. The number of benzene rings is 2. The molecule has 24 heavy (non-hydrogen) atoms. The Labute approximate surface area is 158 Å². The summed E-state index contributed by atoms with van der Waals surface area (Å²) in [4.78, 5) is 0. The van der Waals surface area contributed by atoms with Crippen molar-refractivity contribution in [2.45, 2.75) is 12.6 Å². The molecule has 130 valence electrons. The molecule has 0 nitrogen and oxygen atoms in total. The molecule has 0 saturated heterocycles. The maximum absolute atomic E-state index is 13.4. The number of alkyl halides is 5. The molecule has 0 saturated carbocycles. The Hall–Kier alpha value is -0.460.